The standard InChI is InChI=1S/C19H30N4O2/c1-14-6-8-15(9-7-14)19(25)22-11-4-2-3-5-18(24)23-17-10-12-21-13-16(17)20/h10,12-15H,2-9,11,20H2,1H3,(H,22,25)(H,21,23,24)/p+1. The number of carbonyl (C=O) groups excluding carboxylic acids is 2. The molecule has 0 radical (unpaired) electrons. The molecule has 2 rings (SSSR count). The van der Waals surface area contributed by atoms with Crippen LogP contribution in [0.1, 0.15) is 58.3 Å². The lowest BCUT2D eigenvalue weighted by molar-refractivity contribution is -0.376. The van der Waals surface area contributed by atoms with Gasteiger partial charge in [0.2, 0.25) is 11.8 Å². The molecule has 0 atom stereocenters. The number of H-pyrrole nitrogens is 1. The molecule has 5 N–H and O–H groups in total. The molecule has 138 valence electrons. The molecule has 1 aliphatic carbocycles. The van der Waals surface area contributed by atoms with Crippen molar-refractivity contribution in [3.63, 3.8) is 0 Å². The molecule has 0 aliphatic heterocycles. The second-order valence-electron chi connectivity index (χ2n) is 7.12. The van der Waals surface area contributed by atoms with E-state index in [1.54, 1.807) is 18.5 Å². The zero-order valence-electron chi connectivity index (χ0n) is 15.1. The molecule has 0 aromatic carbocycles. The number of amides is 2. The Labute approximate surface area is 150 Å². The molecule has 0 spiro atoms. The topological polar surface area (TPSA) is 98.4 Å². The summed E-state index contributed by atoms with van der Waals surface area (Å²) in [5, 5.41) is 5.86. The summed E-state index contributed by atoms with van der Waals surface area (Å²) in [6.07, 6.45) is 10.8. The molecular formula is C19H31N4O2+. The van der Waals surface area contributed by atoms with Crippen LogP contribution in [0.15, 0.2) is 18.5 Å². The van der Waals surface area contributed by atoms with Gasteiger partial charge in [-0.3, -0.25) is 9.59 Å². The van der Waals surface area contributed by atoms with Gasteiger partial charge in [-0.2, -0.15) is 0 Å². The summed E-state index contributed by atoms with van der Waals surface area (Å²) in [4.78, 5) is 26.8. The van der Waals surface area contributed by atoms with Crippen LogP contribution in [0.2, 0.25) is 0 Å². The normalized spacial score (nSPS) is 20.0. The zero-order valence-corrected chi connectivity index (χ0v) is 15.1. The minimum atomic E-state index is -0.0294. The number of hydrogen-bond acceptors (Lipinski definition) is 3. The van der Waals surface area contributed by atoms with Crippen LogP contribution in [0, 0.1) is 11.8 Å². The molecular weight excluding hydrogens is 316 g/mol. The van der Waals surface area contributed by atoms with Crippen molar-refractivity contribution in [1.82, 2.24) is 5.32 Å². The Kier molecular flexibility index (Phi) is 7.70. The van der Waals surface area contributed by atoms with Crippen LogP contribution in [0.4, 0.5) is 11.4 Å². The Bertz CT molecular complexity index is 568. The van der Waals surface area contributed by atoms with E-state index in [4.69, 9.17) is 5.73 Å². The van der Waals surface area contributed by atoms with Crippen molar-refractivity contribution in [3.8, 4) is 0 Å². The van der Waals surface area contributed by atoms with Crippen LogP contribution in [0.25, 0.3) is 0 Å². The Morgan fingerprint density at radius 2 is 1.96 bits per heavy atom. The number of aromatic amines is 1. The van der Waals surface area contributed by atoms with E-state index in [9.17, 15) is 9.59 Å². The van der Waals surface area contributed by atoms with E-state index in [0.29, 0.717) is 24.3 Å². The molecule has 2 amide bonds. The molecule has 1 aromatic heterocycles. The van der Waals surface area contributed by atoms with Gasteiger partial charge < -0.3 is 16.4 Å². The predicted octanol–water partition coefficient (Wildman–Crippen LogP) is 2.52. The predicted molar refractivity (Wildman–Crippen MR) is 98.6 cm³/mol. The maximum atomic E-state index is 12.1. The van der Waals surface area contributed by atoms with Gasteiger partial charge in [-0.1, -0.05) is 13.3 Å². The SMILES string of the molecule is CC1CCC(C(=O)NCCCCCC(=O)Nc2cc[nH+]cc2N)CC1. The van der Waals surface area contributed by atoms with Gasteiger partial charge in [0.25, 0.3) is 0 Å². The molecule has 0 unspecified atom stereocenters. The van der Waals surface area contributed by atoms with Crippen LogP contribution < -0.4 is 21.4 Å². The lowest BCUT2D eigenvalue weighted by atomic mass is 9.82. The van der Waals surface area contributed by atoms with Gasteiger partial charge in [0.15, 0.2) is 12.4 Å². The summed E-state index contributed by atoms with van der Waals surface area (Å²) in [5.74, 6) is 1.15. The van der Waals surface area contributed by atoms with Crippen LogP contribution in [-0.4, -0.2) is 18.4 Å². The van der Waals surface area contributed by atoms with Crippen molar-refractivity contribution in [1.29, 1.82) is 0 Å². The average Bonchev–Trinajstić information content (AvgIpc) is 2.60. The molecule has 0 saturated heterocycles. The molecule has 6 heteroatoms. The Balaban J connectivity index is 1.52. The van der Waals surface area contributed by atoms with E-state index in [-0.39, 0.29) is 17.7 Å². The van der Waals surface area contributed by atoms with E-state index in [0.717, 1.165) is 50.9 Å². The molecule has 1 aliphatic rings. The van der Waals surface area contributed by atoms with Crippen molar-refractivity contribution in [2.24, 2.45) is 11.8 Å². The second-order valence-corrected chi connectivity index (χ2v) is 7.12. The number of nitrogen functional groups attached to an aromatic ring is 1. The minimum Gasteiger partial charge on any atom is -0.392 e. The number of aromatic nitrogens is 1. The maximum absolute atomic E-state index is 12.1. The van der Waals surface area contributed by atoms with Crippen LogP contribution >= 0.6 is 0 Å². The summed E-state index contributed by atoms with van der Waals surface area (Å²) in [6, 6.07) is 1.74. The van der Waals surface area contributed by atoms with E-state index in [2.05, 4.69) is 22.5 Å². The summed E-state index contributed by atoms with van der Waals surface area (Å²) in [6.45, 7) is 2.96. The van der Waals surface area contributed by atoms with E-state index < -0.39 is 0 Å². The second kappa shape index (κ2) is 10.0. The molecule has 1 saturated carbocycles. The largest absolute Gasteiger partial charge is 0.392 e. The Hall–Kier alpha value is -2.11. The number of rotatable bonds is 8. The minimum absolute atomic E-state index is 0.0294. The number of unbranched alkanes of at least 4 members (excludes halogenated alkanes) is 2. The van der Waals surface area contributed by atoms with Gasteiger partial charge >= 0.3 is 0 Å². The quantitative estimate of drug-likeness (QED) is 0.630. The third kappa shape index (κ3) is 6.72. The highest BCUT2D eigenvalue weighted by Crippen LogP contribution is 2.28. The van der Waals surface area contributed by atoms with Crippen LogP contribution in [0.3, 0.4) is 0 Å². The fourth-order valence-corrected chi connectivity index (χ4v) is 3.24. The molecule has 6 nitrogen and oxygen atoms in total. The van der Waals surface area contributed by atoms with Crippen LogP contribution in [-0.2, 0) is 9.59 Å². The highest BCUT2D eigenvalue weighted by atomic mass is 16.2. The smallest absolute Gasteiger partial charge is 0.224 e. The Morgan fingerprint density at radius 1 is 1.20 bits per heavy atom. The number of pyridine rings is 1. The van der Waals surface area contributed by atoms with Crippen molar-refractivity contribution in [2.75, 3.05) is 17.6 Å². The van der Waals surface area contributed by atoms with Gasteiger partial charge in [-0.15, -0.1) is 0 Å². The highest BCUT2D eigenvalue weighted by molar-refractivity contribution is 5.93. The van der Waals surface area contributed by atoms with Gasteiger partial charge in [-0.05, 0) is 44.4 Å². The molecule has 0 bridgehead atoms. The monoisotopic (exact) mass is 347 g/mol. The summed E-state index contributed by atoms with van der Waals surface area (Å²) < 4.78 is 0. The summed E-state index contributed by atoms with van der Waals surface area (Å²) in [7, 11) is 0. The first kappa shape index (κ1) is 19.2. The first-order valence-corrected chi connectivity index (χ1v) is 9.39. The van der Waals surface area contributed by atoms with E-state index >= 15 is 0 Å². The molecule has 1 heterocycles. The highest BCUT2D eigenvalue weighted by Gasteiger charge is 2.23. The van der Waals surface area contributed by atoms with Gasteiger partial charge in [0, 0.05) is 24.9 Å². The number of anilines is 2. The van der Waals surface area contributed by atoms with Gasteiger partial charge in [0.1, 0.15) is 5.69 Å². The zero-order chi connectivity index (χ0) is 18.1. The number of nitrogens with one attached hydrogen (secondary N) is 3. The van der Waals surface area contributed by atoms with Crippen molar-refractivity contribution in [2.45, 2.75) is 58.3 Å². The van der Waals surface area contributed by atoms with Crippen molar-refractivity contribution in [3.05, 3.63) is 18.5 Å². The first-order chi connectivity index (χ1) is 12.1. The van der Waals surface area contributed by atoms with E-state index in [1.807, 2.05) is 0 Å². The summed E-state index contributed by atoms with van der Waals surface area (Å²) in [5.41, 5.74) is 6.94. The third-order valence-electron chi connectivity index (χ3n) is 4.94. The first-order valence-electron chi connectivity index (χ1n) is 9.39. The lowest BCUT2D eigenvalue weighted by Crippen LogP contribution is -2.33. The molecule has 25 heavy (non-hydrogen) atoms. The summed E-state index contributed by atoms with van der Waals surface area (Å²) >= 11 is 0. The van der Waals surface area contributed by atoms with Crippen molar-refractivity contribution >= 4 is 23.2 Å². The lowest BCUT2D eigenvalue weighted by Gasteiger charge is -2.25. The number of hydrogen-bond donors (Lipinski definition) is 3. The van der Waals surface area contributed by atoms with Crippen molar-refractivity contribution < 1.29 is 14.6 Å². The third-order valence-corrected chi connectivity index (χ3v) is 4.94. The van der Waals surface area contributed by atoms with Gasteiger partial charge in [0.05, 0.1) is 5.69 Å². The Morgan fingerprint density at radius 3 is 2.68 bits per heavy atom. The number of carbonyl (C=O) groups is 2. The fraction of sp³-hybridized carbons (Fsp3) is 0.632. The van der Waals surface area contributed by atoms with Crippen LogP contribution in [0.5, 0.6) is 0 Å². The molecule has 1 aromatic rings. The molecule has 1 fully saturated rings. The fourth-order valence-electron chi connectivity index (χ4n) is 3.24. The van der Waals surface area contributed by atoms with E-state index in [1.165, 1.54) is 0 Å². The maximum Gasteiger partial charge on any atom is 0.224 e. The average molecular weight is 347 g/mol. The van der Waals surface area contributed by atoms with Gasteiger partial charge in [-0.25, -0.2) is 4.98 Å². The number of nitrogens with two attached hydrogens (primary N) is 1.